The molecule has 0 fully saturated rings. The van der Waals surface area contributed by atoms with Crippen LogP contribution in [0, 0.1) is 11.8 Å². The molecular formula is C19H36N2. The average molecular weight is 293 g/mol. The first-order chi connectivity index (χ1) is 9.99. The number of nitrogens with zero attached hydrogens (tertiary/aromatic N) is 1. The zero-order chi connectivity index (χ0) is 15.7. The van der Waals surface area contributed by atoms with Crippen molar-refractivity contribution in [3.05, 3.63) is 23.3 Å². The summed E-state index contributed by atoms with van der Waals surface area (Å²) >= 11 is 0. The molecule has 2 atom stereocenters. The fourth-order valence-electron chi connectivity index (χ4n) is 3.06. The van der Waals surface area contributed by atoms with Crippen LogP contribution in [0.25, 0.3) is 0 Å². The molecule has 0 unspecified atom stereocenters. The average Bonchev–Trinajstić information content (AvgIpc) is 2.39. The van der Waals surface area contributed by atoms with E-state index in [1.165, 1.54) is 50.8 Å². The Balaban J connectivity index is 2.21. The Morgan fingerprint density at radius 1 is 1.38 bits per heavy atom. The lowest BCUT2D eigenvalue weighted by Gasteiger charge is -2.29. The molecule has 21 heavy (non-hydrogen) atoms. The Kier molecular flexibility index (Phi) is 8.94. The fourth-order valence-corrected chi connectivity index (χ4v) is 3.06. The Labute approximate surface area is 132 Å². The van der Waals surface area contributed by atoms with E-state index in [-0.39, 0.29) is 0 Å². The van der Waals surface area contributed by atoms with Crippen LogP contribution in [0.3, 0.4) is 0 Å². The van der Waals surface area contributed by atoms with Gasteiger partial charge in [0.1, 0.15) is 0 Å². The van der Waals surface area contributed by atoms with E-state index < -0.39 is 0 Å². The summed E-state index contributed by atoms with van der Waals surface area (Å²) in [6.07, 6.45) is 11.2. The van der Waals surface area contributed by atoms with Gasteiger partial charge in [0.05, 0.1) is 0 Å². The van der Waals surface area contributed by atoms with Crippen molar-refractivity contribution in [2.24, 2.45) is 11.8 Å². The highest BCUT2D eigenvalue weighted by Crippen LogP contribution is 2.31. The van der Waals surface area contributed by atoms with Gasteiger partial charge in [-0.25, -0.2) is 0 Å². The monoisotopic (exact) mass is 292 g/mol. The topological polar surface area (TPSA) is 15.3 Å². The van der Waals surface area contributed by atoms with Gasteiger partial charge < -0.3 is 10.2 Å². The molecule has 0 amide bonds. The predicted octanol–water partition coefficient (Wildman–Crippen LogP) is 4.25. The Morgan fingerprint density at radius 2 is 2.14 bits per heavy atom. The summed E-state index contributed by atoms with van der Waals surface area (Å²) in [5, 5.41) is 3.65. The molecule has 0 bridgehead atoms. The van der Waals surface area contributed by atoms with E-state index in [0.717, 1.165) is 18.4 Å². The van der Waals surface area contributed by atoms with Gasteiger partial charge in [-0.05, 0) is 91.5 Å². The van der Waals surface area contributed by atoms with Crippen LogP contribution >= 0.6 is 0 Å². The summed E-state index contributed by atoms with van der Waals surface area (Å²) in [6, 6.07) is 0. The minimum Gasteiger partial charge on any atom is -0.316 e. The van der Waals surface area contributed by atoms with Gasteiger partial charge in [0, 0.05) is 0 Å². The van der Waals surface area contributed by atoms with Crippen molar-refractivity contribution in [1.29, 1.82) is 0 Å². The molecule has 0 aromatic rings. The van der Waals surface area contributed by atoms with Gasteiger partial charge in [-0.15, -0.1) is 0 Å². The summed E-state index contributed by atoms with van der Waals surface area (Å²) in [5.41, 5.74) is 3.13. The molecule has 0 saturated carbocycles. The van der Waals surface area contributed by atoms with E-state index in [4.69, 9.17) is 0 Å². The minimum absolute atomic E-state index is 0.830. The first kappa shape index (κ1) is 18.4. The molecule has 0 radical (unpaired) electrons. The first-order valence-electron chi connectivity index (χ1n) is 8.65. The van der Waals surface area contributed by atoms with Crippen LogP contribution in [0.4, 0.5) is 0 Å². The van der Waals surface area contributed by atoms with E-state index in [1.807, 2.05) is 0 Å². The highest BCUT2D eigenvalue weighted by molar-refractivity contribution is 5.10. The van der Waals surface area contributed by atoms with E-state index in [2.05, 4.69) is 57.2 Å². The van der Waals surface area contributed by atoms with Crippen molar-refractivity contribution in [2.45, 2.75) is 52.9 Å². The Morgan fingerprint density at radius 3 is 2.76 bits per heavy atom. The third-order valence-electron chi connectivity index (χ3n) is 4.48. The van der Waals surface area contributed by atoms with Crippen LogP contribution in [0.5, 0.6) is 0 Å². The number of rotatable bonds is 9. The van der Waals surface area contributed by atoms with E-state index >= 15 is 0 Å². The maximum atomic E-state index is 3.65. The molecule has 122 valence electrons. The molecule has 0 aromatic heterocycles. The van der Waals surface area contributed by atoms with Gasteiger partial charge in [-0.2, -0.15) is 0 Å². The third-order valence-corrected chi connectivity index (χ3v) is 4.48. The van der Waals surface area contributed by atoms with Crippen LogP contribution in [0.2, 0.25) is 0 Å². The third kappa shape index (κ3) is 8.43. The van der Waals surface area contributed by atoms with E-state index in [0.29, 0.717) is 0 Å². The fraction of sp³-hybridized carbons (Fsp3) is 0.789. The van der Waals surface area contributed by atoms with E-state index in [9.17, 15) is 0 Å². The Bertz CT molecular complexity index is 337. The molecule has 1 rings (SSSR count). The molecule has 0 spiro atoms. The highest BCUT2D eigenvalue weighted by Gasteiger charge is 2.21. The lowest BCUT2D eigenvalue weighted by molar-refractivity contribution is 0.316. The van der Waals surface area contributed by atoms with Crippen LogP contribution in [0.1, 0.15) is 52.9 Å². The lowest BCUT2D eigenvalue weighted by Crippen LogP contribution is -2.30. The van der Waals surface area contributed by atoms with Gasteiger partial charge in [-0.1, -0.05) is 30.2 Å². The van der Waals surface area contributed by atoms with Gasteiger partial charge >= 0.3 is 0 Å². The maximum absolute atomic E-state index is 3.65. The second-order valence-corrected chi connectivity index (χ2v) is 7.22. The lowest BCUT2D eigenvalue weighted by atomic mass is 9.79. The molecule has 1 N–H and O–H groups in total. The van der Waals surface area contributed by atoms with Crippen LogP contribution in [-0.4, -0.2) is 38.6 Å². The standard InChI is InChI=1S/C19H36N2/c1-16(2)8-6-9-18-10-11-19(17(3)14-18)15-20-12-7-13-21(4)5/h8,10,17,19-20H,6-7,9,11-15H2,1-5H3/t17-,19+/m0/s1. The number of nitrogens with one attached hydrogen (secondary N) is 1. The zero-order valence-corrected chi connectivity index (χ0v) is 14.9. The molecule has 0 heterocycles. The van der Waals surface area contributed by atoms with Gasteiger partial charge in [0.15, 0.2) is 0 Å². The van der Waals surface area contributed by atoms with Gasteiger partial charge in [0.2, 0.25) is 0 Å². The molecule has 2 nitrogen and oxygen atoms in total. The first-order valence-corrected chi connectivity index (χ1v) is 8.65. The minimum atomic E-state index is 0.830. The normalized spacial score (nSPS) is 22.3. The maximum Gasteiger partial charge on any atom is -0.00127 e. The number of allylic oxidation sites excluding steroid dienone is 4. The molecule has 1 aliphatic rings. The van der Waals surface area contributed by atoms with Crippen molar-refractivity contribution in [3.8, 4) is 0 Å². The zero-order valence-electron chi connectivity index (χ0n) is 14.9. The summed E-state index contributed by atoms with van der Waals surface area (Å²) in [5.74, 6) is 1.66. The number of hydrogen-bond acceptors (Lipinski definition) is 2. The van der Waals surface area contributed by atoms with Gasteiger partial charge in [0.25, 0.3) is 0 Å². The van der Waals surface area contributed by atoms with E-state index in [1.54, 1.807) is 5.57 Å². The van der Waals surface area contributed by atoms with Crippen molar-refractivity contribution in [1.82, 2.24) is 10.2 Å². The van der Waals surface area contributed by atoms with Gasteiger partial charge in [-0.3, -0.25) is 0 Å². The smallest absolute Gasteiger partial charge is 0.00127 e. The molecule has 1 aliphatic carbocycles. The Hall–Kier alpha value is -0.600. The van der Waals surface area contributed by atoms with Crippen molar-refractivity contribution >= 4 is 0 Å². The second kappa shape index (κ2) is 10.2. The largest absolute Gasteiger partial charge is 0.316 e. The van der Waals surface area contributed by atoms with Crippen LogP contribution in [-0.2, 0) is 0 Å². The summed E-state index contributed by atoms with van der Waals surface area (Å²) < 4.78 is 0. The summed E-state index contributed by atoms with van der Waals surface area (Å²) in [6.45, 7) is 10.3. The second-order valence-electron chi connectivity index (χ2n) is 7.22. The molecule has 0 saturated heterocycles. The van der Waals surface area contributed by atoms with Crippen molar-refractivity contribution in [2.75, 3.05) is 33.7 Å². The van der Waals surface area contributed by atoms with Crippen molar-refractivity contribution < 1.29 is 0 Å². The molecule has 0 aliphatic heterocycles. The van der Waals surface area contributed by atoms with Crippen LogP contribution < -0.4 is 5.32 Å². The summed E-state index contributed by atoms with van der Waals surface area (Å²) in [4.78, 5) is 2.26. The molecule has 0 aromatic carbocycles. The molecule has 2 heteroatoms. The predicted molar refractivity (Wildman–Crippen MR) is 94.7 cm³/mol. The van der Waals surface area contributed by atoms with Crippen LogP contribution in [0.15, 0.2) is 23.3 Å². The summed E-state index contributed by atoms with van der Waals surface area (Å²) in [7, 11) is 4.29. The SMILES string of the molecule is CC(C)=CCCC1=CC[C@H](CNCCCN(C)C)[C@@H](C)C1. The van der Waals surface area contributed by atoms with Crippen molar-refractivity contribution in [3.63, 3.8) is 0 Å². The quantitative estimate of drug-likeness (QED) is 0.505. The highest BCUT2D eigenvalue weighted by atomic mass is 15.1. The number of hydrogen-bond donors (Lipinski definition) is 1. The molecular weight excluding hydrogens is 256 g/mol.